The molecule has 0 bridgehead atoms. The van der Waals surface area contributed by atoms with Crippen molar-refractivity contribution in [2.24, 2.45) is 12.1 Å². The lowest BCUT2D eigenvalue weighted by atomic mass is 10.2. The molecule has 4 aromatic rings. The van der Waals surface area contributed by atoms with Crippen LogP contribution in [-0.4, -0.2) is 20.3 Å². The molecule has 0 atom stereocenters. The summed E-state index contributed by atoms with van der Waals surface area (Å²) in [6, 6.07) is 14.3. The molecule has 8 nitrogen and oxygen atoms in total. The van der Waals surface area contributed by atoms with E-state index >= 15 is 0 Å². The highest BCUT2D eigenvalue weighted by molar-refractivity contribution is 7.16. The average Bonchev–Trinajstić information content (AvgIpc) is 3.00. The Morgan fingerprint density at radius 3 is 2.59 bits per heavy atom. The predicted molar refractivity (Wildman–Crippen MR) is 103 cm³/mol. The zero-order valence-corrected chi connectivity index (χ0v) is 15.1. The van der Waals surface area contributed by atoms with Crippen LogP contribution in [0.1, 0.15) is 0 Å². The largest absolute Gasteiger partial charge is 0.318 e. The molecule has 0 saturated heterocycles. The van der Waals surface area contributed by atoms with E-state index in [0.29, 0.717) is 10.2 Å². The van der Waals surface area contributed by atoms with Crippen LogP contribution in [0.4, 0.5) is 0 Å². The number of aromatic nitrogens is 3. The van der Waals surface area contributed by atoms with Crippen LogP contribution in [0.2, 0.25) is 0 Å². The molecule has 0 spiro atoms. The average molecular weight is 381 g/mol. The number of aryl methyl sites for hydroxylation is 1. The van der Waals surface area contributed by atoms with Gasteiger partial charge in [-0.15, -0.1) is 5.10 Å². The third-order valence-electron chi connectivity index (χ3n) is 4.18. The summed E-state index contributed by atoms with van der Waals surface area (Å²) in [7, 11) is 1.86. The predicted octanol–water partition coefficient (Wildman–Crippen LogP) is 0.875. The fourth-order valence-corrected chi connectivity index (χ4v) is 3.81. The Bertz CT molecular complexity index is 1360. The summed E-state index contributed by atoms with van der Waals surface area (Å²) in [5.74, 6) is -0.513. The van der Waals surface area contributed by atoms with Crippen LogP contribution in [0.15, 0.2) is 63.2 Å². The van der Waals surface area contributed by atoms with Gasteiger partial charge in [0.05, 0.1) is 21.0 Å². The highest BCUT2D eigenvalue weighted by Gasteiger charge is 2.10. The molecule has 2 aromatic heterocycles. The van der Waals surface area contributed by atoms with Gasteiger partial charge in [0.2, 0.25) is 4.80 Å². The first-order valence-electron chi connectivity index (χ1n) is 8.13. The zero-order valence-electron chi connectivity index (χ0n) is 14.3. The number of H-pyrrole nitrogens is 1. The fourth-order valence-electron chi connectivity index (χ4n) is 2.84. The third kappa shape index (κ3) is 3.08. The van der Waals surface area contributed by atoms with Crippen LogP contribution < -0.4 is 21.3 Å². The summed E-state index contributed by atoms with van der Waals surface area (Å²) in [4.78, 5) is 37.4. The van der Waals surface area contributed by atoms with Crippen LogP contribution >= 0.6 is 11.3 Å². The van der Waals surface area contributed by atoms with Crippen molar-refractivity contribution in [3.63, 3.8) is 0 Å². The number of aromatic amines is 1. The quantitative estimate of drug-likeness (QED) is 0.515. The van der Waals surface area contributed by atoms with Crippen LogP contribution in [-0.2, 0) is 18.4 Å². The molecular formula is C18H15N5O3S. The molecule has 2 heterocycles. The summed E-state index contributed by atoms with van der Waals surface area (Å²) < 4.78 is 3.90. The van der Waals surface area contributed by atoms with Gasteiger partial charge in [-0.3, -0.25) is 19.5 Å². The van der Waals surface area contributed by atoms with Gasteiger partial charge in [0, 0.05) is 7.05 Å². The minimum absolute atomic E-state index is 0.266. The van der Waals surface area contributed by atoms with E-state index in [4.69, 9.17) is 0 Å². The Labute approximate surface area is 156 Å². The first-order valence-corrected chi connectivity index (χ1v) is 8.95. The summed E-state index contributed by atoms with van der Waals surface area (Å²) in [5, 5.41) is 7.11. The van der Waals surface area contributed by atoms with Gasteiger partial charge < -0.3 is 4.57 Å². The smallest absolute Gasteiger partial charge is 0.273 e. The lowest BCUT2D eigenvalue weighted by Crippen LogP contribution is -2.36. The molecule has 1 amide bonds. The number of thiazole rings is 1. The highest BCUT2D eigenvalue weighted by atomic mass is 32.1. The van der Waals surface area contributed by atoms with Crippen molar-refractivity contribution in [2.75, 3.05) is 0 Å². The molecule has 2 aromatic carbocycles. The lowest BCUT2D eigenvalue weighted by molar-refractivity contribution is -0.122. The first kappa shape index (κ1) is 17.0. The van der Waals surface area contributed by atoms with E-state index in [-0.39, 0.29) is 11.9 Å². The number of hydrogen-bond acceptors (Lipinski definition) is 5. The first-order chi connectivity index (χ1) is 13.0. The number of carbonyl (C=O) groups is 1. The van der Waals surface area contributed by atoms with E-state index in [2.05, 4.69) is 15.6 Å². The Balaban J connectivity index is 1.62. The van der Waals surface area contributed by atoms with Crippen LogP contribution in [0, 0.1) is 0 Å². The normalized spacial score (nSPS) is 12.0. The van der Waals surface area contributed by atoms with E-state index in [1.165, 1.54) is 11.3 Å². The van der Waals surface area contributed by atoms with Crippen molar-refractivity contribution < 1.29 is 4.79 Å². The van der Waals surface area contributed by atoms with Crippen molar-refractivity contribution >= 4 is 38.2 Å². The maximum atomic E-state index is 12.4. The van der Waals surface area contributed by atoms with Gasteiger partial charge in [-0.1, -0.05) is 35.6 Å². The van der Waals surface area contributed by atoms with Crippen molar-refractivity contribution in [2.45, 2.75) is 6.54 Å². The number of rotatable bonds is 3. The van der Waals surface area contributed by atoms with E-state index in [0.717, 1.165) is 14.9 Å². The van der Waals surface area contributed by atoms with Gasteiger partial charge in [-0.25, -0.2) is 10.1 Å². The van der Waals surface area contributed by atoms with Gasteiger partial charge in [0.1, 0.15) is 6.54 Å². The molecule has 0 unspecified atom stereocenters. The minimum Gasteiger partial charge on any atom is -0.318 e. The van der Waals surface area contributed by atoms with Gasteiger partial charge in [0.25, 0.3) is 17.0 Å². The van der Waals surface area contributed by atoms with Crippen LogP contribution in [0.3, 0.4) is 0 Å². The number of nitrogens with one attached hydrogen (secondary N) is 2. The molecule has 2 N–H and O–H groups in total. The molecule has 9 heteroatoms. The molecule has 0 saturated carbocycles. The number of hydrogen-bond donors (Lipinski definition) is 2. The Morgan fingerprint density at radius 1 is 1.11 bits per heavy atom. The number of fused-ring (bicyclic) bond motifs is 2. The third-order valence-corrected chi connectivity index (χ3v) is 5.29. The number of benzene rings is 2. The summed E-state index contributed by atoms with van der Waals surface area (Å²) in [6.45, 7) is -0.336. The minimum atomic E-state index is -0.513. The van der Waals surface area contributed by atoms with Gasteiger partial charge in [-0.2, -0.15) is 0 Å². The van der Waals surface area contributed by atoms with Crippen molar-refractivity contribution in [1.29, 1.82) is 0 Å². The molecule has 27 heavy (non-hydrogen) atoms. The van der Waals surface area contributed by atoms with Crippen LogP contribution in [0.25, 0.3) is 21.0 Å². The summed E-state index contributed by atoms with van der Waals surface area (Å²) in [5.41, 5.74) is 2.58. The van der Waals surface area contributed by atoms with E-state index in [9.17, 15) is 14.4 Å². The Kier molecular flexibility index (Phi) is 4.21. The van der Waals surface area contributed by atoms with E-state index in [1.807, 2.05) is 35.9 Å². The molecule has 0 fully saturated rings. The molecular weight excluding hydrogens is 366 g/mol. The SMILES string of the molecule is Cn1/c(=N/NC(=O)Cn2[nH]c(=O)c3ccccc3c2=O)sc2ccccc21. The molecule has 136 valence electrons. The van der Waals surface area contributed by atoms with Gasteiger partial charge >= 0.3 is 0 Å². The van der Waals surface area contributed by atoms with Gasteiger partial charge in [-0.05, 0) is 24.3 Å². The molecule has 4 rings (SSSR count). The zero-order chi connectivity index (χ0) is 19.0. The summed E-state index contributed by atoms with van der Waals surface area (Å²) >= 11 is 1.43. The maximum absolute atomic E-state index is 12.4. The second-order valence-corrected chi connectivity index (χ2v) is 6.95. The Hall–Kier alpha value is -3.46. The molecule has 0 aliphatic rings. The molecule has 0 aliphatic carbocycles. The number of nitrogens with zero attached hydrogens (tertiary/aromatic N) is 3. The van der Waals surface area contributed by atoms with E-state index < -0.39 is 17.0 Å². The number of carbonyl (C=O) groups excluding carboxylic acids is 1. The standard InChI is InChI=1S/C18H15N5O3S/c1-22-13-8-4-5-9-14(13)27-18(22)20-19-15(24)10-23-17(26)12-7-3-2-6-11(12)16(25)21-23/h2-9H,10H2,1H3,(H,19,24)(H,21,25)/b20-18-. The van der Waals surface area contributed by atoms with E-state index in [1.54, 1.807) is 24.3 Å². The molecule has 0 aliphatic heterocycles. The number of para-hydroxylation sites is 1. The lowest BCUT2D eigenvalue weighted by Gasteiger charge is -2.05. The van der Waals surface area contributed by atoms with Gasteiger partial charge in [0.15, 0.2) is 0 Å². The monoisotopic (exact) mass is 381 g/mol. The summed E-state index contributed by atoms with van der Waals surface area (Å²) in [6.07, 6.45) is 0. The molecule has 0 radical (unpaired) electrons. The second kappa shape index (κ2) is 6.69. The van der Waals surface area contributed by atoms with Crippen molar-refractivity contribution in [1.82, 2.24) is 19.8 Å². The second-order valence-electron chi connectivity index (χ2n) is 5.94. The van der Waals surface area contributed by atoms with Crippen molar-refractivity contribution in [3.05, 3.63) is 74.0 Å². The Morgan fingerprint density at radius 2 is 1.81 bits per heavy atom. The number of amides is 1. The topological polar surface area (TPSA) is 101 Å². The van der Waals surface area contributed by atoms with Crippen molar-refractivity contribution in [3.8, 4) is 0 Å². The van der Waals surface area contributed by atoms with Crippen LogP contribution in [0.5, 0.6) is 0 Å². The fraction of sp³-hybridized carbons (Fsp3) is 0.111. The maximum Gasteiger partial charge on any atom is 0.273 e. The highest BCUT2D eigenvalue weighted by Crippen LogP contribution is 2.14.